The Hall–Kier alpha value is -1.71. The van der Waals surface area contributed by atoms with Gasteiger partial charge in [0.15, 0.2) is 0 Å². The van der Waals surface area contributed by atoms with Crippen LogP contribution < -0.4 is 5.32 Å². The van der Waals surface area contributed by atoms with E-state index in [1.54, 1.807) is 18.2 Å². The first kappa shape index (κ1) is 22.0. The van der Waals surface area contributed by atoms with E-state index in [2.05, 4.69) is 33.3 Å². The summed E-state index contributed by atoms with van der Waals surface area (Å²) in [5, 5.41) is 7.18. The highest BCUT2D eigenvalue weighted by molar-refractivity contribution is 9.10. The van der Waals surface area contributed by atoms with E-state index in [1.807, 2.05) is 25.1 Å². The number of aromatic nitrogens is 2. The van der Waals surface area contributed by atoms with Crippen LogP contribution in [0.4, 0.5) is 5.69 Å². The molecule has 0 radical (unpaired) electrons. The van der Waals surface area contributed by atoms with Gasteiger partial charge in [-0.15, -0.1) is 0 Å². The number of carbonyl (C=O) groups excluding carboxylic acids is 1. The molecule has 1 aliphatic rings. The number of benzene rings is 1. The molecular formula is C20H27BrN4O3S. The maximum Gasteiger partial charge on any atom is 0.246 e. The van der Waals surface area contributed by atoms with Crippen molar-refractivity contribution in [2.24, 2.45) is 5.92 Å². The van der Waals surface area contributed by atoms with Crippen LogP contribution in [0, 0.1) is 26.7 Å². The second-order valence-corrected chi connectivity index (χ2v) is 10.5. The van der Waals surface area contributed by atoms with Crippen molar-refractivity contribution >= 4 is 37.5 Å². The van der Waals surface area contributed by atoms with Crippen LogP contribution in [0.15, 0.2) is 27.6 Å². The molecule has 0 saturated carbocycles. The third kappa shape index (κ3) is 4.73. The van der Waals surface area contributed by atoms with Crippen LogP contribution in [0.2, 0.25) is 0 Å². The molecule has 0 aliphatic carbocycles. The molecule has 1 aliphatic heterocycles. The predicted molar refractivity (Wildman–Crippen MR) is 116 cm³/mol. The van der Waals surface area contributed by atoms with Crippen molar-refractivity contribution < 1.29 is 13.2 Å². The number of hydrogen-bond acceptors (Lipinski definition) is 4. The molecule has 1 aromatic carbocycles. The van der Waals surface area contributed by atoms with Gasteiger partial charge >= 0.3 is 0 Å². The SMILES string of the molecule is Cc1cc(NC(=O)Cn2nc(C)c(S(=O)(=O)N3CCC(C)CC3)c2C)ccc1Br. The maximum atomic E-state index is 13.2. The van der Waals surface area contributed by atoms with Gasteiger partial charge in [-0.3, -0.25) is 9.48 Å². The van der Waals surface area contributed by atoms with E-state index in [0.717, 1.165) is 22.9 Å². The Morgan fingerprint density at radius 1 is 1.24 bits per heavy atom. The fraction of sp³-hybridized carbons (Fsp3) is 0.500. The van der Waals surface area contributed by atoms with E-state index in [1.165, 1.54) is 4.68 Å². The van der Waals surface area contributed by atoms with Crippen molar-refractivity contribution in [1.82, 2.24) is 14.1 Å². The summed E-state index contributed by atoms with van der Waals surface area (Å²) in [6, 6.07) is 5.55. The van der Waals surface area contributed by atoms with Gasteiger partial charge in [0.1, 0.15) is 11.4 Å². The minimum atomic E-state index is -3.62. The zero-order valence-corrected chi connectivity index (χ0v) is 19.6. The van der Waals surface area contributed by atoms with Gasteiger partial charge in [-0.05, 0) is 63.3 Å². The molecule has 2 heterocycles. The van der Waals surface area contributed by atoms with E-state index in [4.69, 9.17) is 0 Å². The largest absolute Gasteiger partial charge is 0.324 e. The summed E-state index contributed by atoms with van der Waals surface area (Å²) < 4.78 is 30.3. The van der Waals surface area contributed by atoms with Gasteiger partial charge in [-0.25, -0.2) is 8.42 Å². The van der Waals surface area contributed by atoms with Gasteiger partial charge in [-0.2, -0.15) is 9.40 Å². The molecule has 2 aromatic rings. The number of sulfonamides is 1. The van der Waals surface area contributed by atoms with Crippen molar-refractivity contribution in [2.45, 2.75) is 52.0 Å². The molecule has 3 rings (SSSR count). The number of rotatable bonds is 5. The number of amides is 1. The van der Waals surface area contributed by atoms with Crippen LogP contribution in [-0.2, 0) is 21.4 Å². The quantitative estimate of drug-likeness (QED) is 0.704. The standard InChI is InChI=1S/C20H27BrN4O3S/c1-13-7-9-24(10-8-13)29(27,28)20-15(3)23-25(16(20)4)12-19(26)22-17-5-6-18(21)14(2)11-17/h5-6,11,13H,7-10,12H2,1-4H3,(H,22,26). The second-order valence-electron chi connectivity index (χ2n) is 7.76. The number of aryl methyl sites for hydroxylation is 2. The summed E-state index contributed by atoms with van der Waals surface area (Å²) in [6.07, 6.45) is 1.72. The van der Waals surface area contributed by atoms with Crippen LogP contribution in [0.25, 0.3) is 0 Å². The first-order valence-corrected chi connectivity index (χ1v) is 11.9. The monoisotopic (exact) mass is 482 g/mol. The van der Waals surface area contributed by atoms with Gasteiger partial charge in [-0.1, -0.05) is 22.9 Å². The second kappa shape index (κ2) is 8.57. The molecule has 1 saturated heterocycles. The zero-order chi connectivity index (χ0) is 21.3. The fourth-order valence-corrected chi connectivity index (χ4v) is 5.71. The molecule has 7 nitrogen and oxygen atoms in total. The molecule has 0 spiro atoms. The van der Waals surface area contributed by atoms with Gasteiger partial charge in [0.2, 0.25) is 15.9 Å². The number of halogens is 1. The van der Waals surface area contributed by atoms with Crippen molar-refractivity contribution in [3.8, 4) is 0 Å². The minimum absolute atomic E-state index is 0.0473. The number of hydrogen-bond donors (Lipinski definition) is 1. The van der Waals surface area contributed by atoms with Crippen molar-refractivity contribution in [1.29, 1.82) is 0 Å². The van der Waals surface area contributed by atoms with E-state index < -0.39 is 10.0 Å². The molecule has 0 atom stereocenters. The van der Waals surface area contributed by atoms with E-state index in [0.29, 0.717) is 36.1 Å². The summed E-state index contributed by atoms with van der Waals surface area (Å²) in [4.78, 5) is 12.7. The Kier molecular flexibility index (Phi) is 6.50. The lowest BCUT2D eigenvalue weighted by Gasteiger charge is -2.29. The molecular weight excluding hydrogens is 456 g/mol. The lowest BCUT2D eigenvalue weighted by molar-refractivity contribution is -0.116. The van der Waals surface area contributed by atoms with Crippen molar-refractivity contribution in [2.75, 3.05) is 18.4 Å². The van der Waals surface area contributed by atoms with Gasteiger partial charge in [0.25, 0.3) is 0 Å². The zero-order valence-electron chi connectivity index (χ0n) is 17.2. The number of carbonyl (C=O) groups is 1. The molecule has 1 N–H and O–H groups in total. The summed E-state index contributed by atoms with van der Waals surface area (Å²) >= 11 is 3.44. The molecule has 0 bridgehead atoms. The fourth-order valence-electron chi connectivity index (χ4n) is 3.62. The molecule has 158 valence electrons. The highest BCUT2D eigenvalue weighted by atomic mass is 79.9. The summed E-state index contributed by atoms with van der Waals surface area (Å²) in [5.41, 5.74) is 2.61. The van der Waals surface area contributed by atoms with Gasteiger partial charge < -0.3 is 5.32 Å². The van der Waals surface area contributed by atoms with E-state index in [-0.39, 0.29) is 17.3 Å². The smallest absolute Gasteiger partial charge is 0.246 e. The Morgan fingerprint density at radius 2 is 1.90 bits per heavy atom. The van der Waals surface area contributed by atoms with Crippen LogP contribution >= 0.6 is 15.9 Å². The first-order valence-electron chi connectivity index (χ1n) is 9.69. The molecule has 9 heteroatoms. The third-order valence-electron chi connectivity index (χ3n) is 5.39. The average Bonchev–Trinajstić information content (AvgIpc) is 2.92. The third-order valence-corrected chi connectivity index (χ3v) is 8.43. The molecule has 0 unspecified atom stereocenters. The van der Waals surface area contributed by atoms with Gasteiger partial charge in [0.05, 0.1) is 11.4 Å². The lowest BCUT2D eigenvalue weighted by atomic mass is 10.0. The molecule has 29 heavy (non-hydrogen) atoms. The highest BCUT2D eigenvalue weighted by Crippen LogP contribution is 2.27. The highest BCUT2D eigenvalue weighted by Gasteiger charge is 2.33. The summed E-state index contributed by atoms with van der Waals surface area (Å²) in [7, 11) is -3.62. The normalized spacial score (nSPS) is 16.2. The van der Waals surface area contributed by atoms with Crippen LogP contribution in [-0.4, -0.2) is 41.5 Å². The Morgan fingerprint density at radius 3 is 2.52 bits per heavy atom. The number of nitrogens with zero attached hydrogens (tertiary/aromatic N) is 3. The molecule has 1 fully saturated rings. The predicted octanol–water partition coefficient (Wildman–Crippen LogP) is 3.63. The topological polar surface area (TPSA) is 84.3 Å². The number of nitrogens with one attached hydrogen (secondary N) is 1. The van der Waals surface area contributed by atoms with Crippen LogP contribution in [0.1, 0.15) is 36.7 Å². The van der Waals surface area contributed by atoms with Crippen molar-refractivity contribution in [3.63, 3.8) is 0 Å². The number of piperidine rings is 1. The average molecular weight is 483 g/mol. The summed E-state index contributed by atoms with van der Waals surface area (Å²) in [5.74, 6) is 0.283. The van der Waals surface area contributed by atoms with E-state index >= 15 is 0 Å². The summed E-state index contributed by atoms with van der Waals surface area (Å²) in [6.45, 7) is 8.47. The Bertz CT molecular complexity index is 1020. The molecule has 1 amide bonds. The Balaban J connectivity index is 1.78. The maximum absolute atomic E-state index is 13.2. The first-order chi connectivity index (χ1) is 13.6. The van der Waals surface area contributed by atoms with Gasteiger partial charge in [0, 0.05) is 23.2 Å². The molecule has 1 aromatic heterocycles. The van der Waals surface area contributed by atoms with Crippen LogP contribution in [0.5, 0.6) is 0 Å². The van der Waals surface area contributed by atoms with E-state index in [9.17, 15) is 13.2 Å². The minimum Gasteiger partial charge on any atom is -0.324 e. The number of anilines is 1. The van der Waals surface area contributed by atoms with Crippen LogP contribution in [0.3, 0.4) is 0 Å². The lowest BCUT2D eigenvalue weighted by Crippen LogP contribution is -2.38. The van der Waals surface area contributed by atoms with Crippen molar-refractivity contribution in [3.05, 3.63) is 39.6 Å². The Labute approximate surface area is 180 Å².